The minimum atomic E-state index is -0.911. The first-order valence-electron chi connectivity index (χ1n) is 12.7. The molecule has 0 radical (unpaired) electrons. The van der Waals surface area contributed by atoms with Crippen molar-refractivity contribution in [3.05, 3.63) is 36.0 Å². The SMILES string of the molecule is CC(C)(C)OC(=O)N(C(=O)OC(C)(C)C)c1nccc2cc([C@H]3C[C@@H](O)CN3C(=O)OC(C)(C)C)ccc12. The fourth-order valence-corrected chi connectivity index (χ4v) is 4.08. The van der Waals surface area contributed by atoms with Crippen LogP contribution in [0.1, 0.15) is 80.3 Å². The number of ether oxygens (including phenoxy) is 3. The van der Waals surface area contributed by atoms with Crippen molar-refractivity contribution >= 4 is 34.9 Å². The van der Waals surface area contributed by atoms with E-state index in [1.807, 2.05) is 6.07 Å². The minimum Gasteiger partial charge on any atom is -0.444 e. The van der Waals surface area contributed by atoms with Crippen LogP contribution in [0.4, 0.5) is 20.2 Å². The van der Waals surface area contributed by atoms with Crippen LogP contribution in [0.15, 0.2) is 30.5 Å². The van der Waals surface area contributed by atoms with Crippen molar-refractivity contribution in [3.63, 3.8) is 0 Å². The summed E-state index contributed by atoms with van der Waals surface area (Å²) in [7, 11) is 0. The fourth-order valence-electron chi connectivity index (χ4n) is 4.08. The van der Waals surface area contributed by atoms with Gasteiger partial charge in [0, 0.05) is 11.6 Å². The number of aliphatic hydroxyl groups is 1. The molecule has 10 nitrogen and oxygen atoms in total. The molecule has 0 saturated carbocycles. The Morgan fingerprint density at radius 2 is 1.45 bits per heavy atom. The number of rotatable bonds is 2. The highest BCUT2D eigenvalue weighted by Gasteiger charge is 2.38. The number of aliphatic hydroxyl groups excluding tert-OH is 1. The first-order chi connectivity index (χ1) is 17.3. The maximum absolute atomic E-state index is 13.2. The Labute approximate surface area is 223 Å². The number of pyridine rings is 1. The number of amides is 3. The molecule has 2 heterocycles. The number of carbonyl (C=O) groups is 3. The van der Waals surface area contributed by atoms with Crippen molar-refractivity contribution in [2.24, 2.45) is 0 Å². The van der Waals surface area contributed by atoms with Crippen LogP contribution in [-0.4, -0.2) is 62.7 Å². The summed E-state index contributed by atoms with van der Waals surface area (Å²) in [6.45, 7) is 15.7. The van der Waals surface area contributed by atoms with Gasteiger partial charge in [-0.25, -0.2) is 19.4 Å². The Bertz CT molecular complexity index is 1180. The lowest BCUT2D eigenvalue weighted by Crippen LogP contribution is -2.44. The predicted molar refractivity (Wildman–Crippen MR) is 143 cm³/mol. The molecule has 1 aromatic carbocycles. The number of nitrogens with zero attached hydrogens (tertiary/aromatic N) is 3. The smallest absolute Gasteiger partial charge is 0.425 e. The van der Waals surface area contributed by atoms with Crippen molar-refractivity contribution < 1.29 is 33.7 Å². The molecular weight excluding hydrogens is 490 g/mol. The van der Waals surface area contributed by atoms with Crippen molar-refractivity contribution in [1.29, 1.82) is 0 Å². The lowest BCUT2D eigenvalue weighted by Gasteiger charge is -2.29. The van der Waals surface area contributed by atoms with E-state index in [1.165, 1.54) is 11.1 Å². The Hall–Kier alpha value is -3.40. The largest absolute Gasteiger partial charge is 0.444 e. The second-order valence-electron chi connectivity index (χ2n) is 12.4. The quantitative estimate of drug-likeness (QED) is 0.474. The standard InChI is InChI=1S/C28H39N3O7/c1-26(2,3)36-23(33)30-16-19(32)15-21(30)18-10-11-20-17(14-18)12-13-29-22(20)31(24(34)37-27(4,5)6)25(35)38-28(7,8)9/h10-14,19,21,32H,15-16H2,1-9H3/t19-,21-/m1/s1. The van der Waals surface area contributed by atoms with Crippen LogP contribution < -0.4 is 4.90 Å². The summed E-state index contributed by atoms with van der Waals surface area (Å²) in [5.74, 6) is 0.0630. The van der Waals surface area contributed by atoms with Gasteiger partial charge in [0.05, 0.1) is 18.7 Å². The number of hydrogen-bond donors (Lipinski definition) is 1. The zero-order valence-corrected chi connectivity index (χ0v) is 23.7. The number of hydrogen-bond acceptors (Lipinski definition) is 8. The zero-order valence-electron chi connectivity index (χ0n) is 23.7. The summed E-state index contributed by atoms with van der Waals surface area (Å²) in [5, 5.41) is 11.5. The van der Waals surface area contributed by atoms with E-state index in [0.29, 0.717) is 17.2 Å². The first kappa shape index (κ1) is 29.2. The molecule has 1 aromatic heterocycles. The van der Waals surface area contributed by atoms with Gasteiger partial charge in [0.2, 0.25) is 0 Å². The van der Waals surface area contributed by atoms with Crippen LogP contribution in [0.5, 0.6) is 0 Å². The number of carbonyl (C=O) groups excluding carboxylic acids is 3. The summed E-state index contributed by atoms with van der Waals surface area (Å²) in [4.78, 5) is 45.8. The highest BCUT2D eigenvalue weighted by molar-refractivity contribution is 6.13. The van der Waals surface area contributed by atoms with Gasteiger partial charge in [0.15, 0.2) is 5.82 Å². The Morgan fingerprint density at radius 3 is 1.97 bits per heavy atom. The number of fused-ring (bicyclic) bond motifs is 1. The van der Waals surface area contributed by atoms with E-state index in [9.17, 15) is 19.5 Å². The normalized spacial score (nSPS) is 18.3. The van der Waals surface area contributed by atoms with Crippen LogP contribution in [0.25, 0.3) is 10.8 Å². The number of benzene rings is 1. The monoisotopic (exact) mass is 529 g/mol. The lowest BCUT2D eigenvalue weighted by atomic mass is 10.00. The average Bonchev–Trinajstić information content (AvgIpc) is 3.12. The molecule has 1 aliphatic heterocycles. The molecule has 0 spiro atoms. The molecule has 1 fully saturated rings. The van der Waals surface area contributed by atoms with E-state index >= 15 is 0 Å². The molecule has 38 heavy (non-hydrogen) atoms. The van der Waals surface area contributed by atoms with Crippen molar-refractivity contribution in [3.8, 4) is 0 Å². The van der Waals surface area contributed by atoms with E-state index in [-0.39, 0.29) is 12.4 Å². The molecule has 10 heteroatoms. The highest BCUT2D eigenvalue weighted by Crippen LogP contribution is 2.36. The summed E-state index contributed by atoms with van der Waals surface area (Å²) in [6, 6.07) is 6.70. The van der Waals surface area contributed by atoms with Crippen molar-refractivity contribution in [2.45, 2.75) is 97.7 Å². The van der Waals surface area contributed by atoms with Gasteiger partial charge < -0.3 is 19.3 Å². The van der Waals surface area contributed by atoms with Crippen LogP contribution >= 0.6 is 0 Å². The third-order valence-electron chi connectivity index (χ3n) is 5.42. The van der Waals surface area contributed by atoms with Crippen LogP contribution in [0.3, 0.4) is 0 Å². The van der Waals surface area contributed by atoms with Crippen LogP contribution in [0.2, 0.25) is 0 Å². The Morgan fingerprint density at radius 1 is 0.895 bits per heavy atom. The topological polar surface area (TPSA) is 119 Å². The molecule has 2 aromatic rings. The molecule has 0 bridgehead atoms. The second kappa shape index (κ2) is 10.4. The van der Waals surface area contributed by atoms with Gasteiger partial charge in [0.1, 0.15) is 16.8 Å². The summed E-state index contributed by atoms with van der Waals surface area (Å²) in [5.41, 5.74) is -1.61. The molecule has 2 atom stereocenters. The zero-order chi connectivity index (χ0) is 28.6. The first-order valence-corrected chi connectivity index (χ1v) is 12.7. The van der Waals surface area contributed by atoms with E-state index in [1.54, 1.807) is 80.5 Å². The highest BCUT2D eigenvalue weighted by atomic mass is 16.6. The minimum absolute atomic E-state index is 0.0630. The predicted octanol–water partition coefficient (Wildman–Crippen LogP) is 5.95. The van der Waals surface area contributed by atoms with Gasteiger partial charge in [-0.3, -0.25) is 4.90 Å². The van der Waals surface area contributed by atoms with Crippen LogP contribution in [0, 0.1) is 0 Å². The maximum atomic E-state index is 13.2. The molecule has 1 N–H and O–H groups in total. The van der Waals surface area contributed by atoms with Crippen molar-refractivity contribution in [2.75, 3.05) is 11.4 Å². The number of anilines is 1. The molecule has 208 valence electrons. The van der Waals surface area contributed by atoms with Gasteiger partial charge in [0.25, 0.3) is 0 Å². The summed E-state index contributed by atoms with van der Waals surface area (Å²) >= 11 is 0. The Balaban J connectivity index is 2.04. The molecule has 0 unspecified atom stereocenters. The van der Waals surface area contributed by atoms with E-state index in [4.69, 9.17) is 14.2 Å². The lowest BCUT2D eigenvalue weighted by molar-refractivity contribution is 0.0205. The van der Waals surface area contributed by atoms with Crippen molar-refractivity contribution in [1.82, 2.24) is 9.88 Å². The Kier molecular flexibility index (Phi) is 7.98. The third kappa shape index (κ3) is 7.34. The molecule has 1 aliphatic rings. The number of likely N-dealkylation sites (tertiary alicyclic amines) is 1. The van der Waals surface area contributed by atoms with Gasteiger partial charge in [-0.05, 0) is 91.8 Å². The van der Waals surface area contributed by atoms with E-state index in [2.05, 4.69) is 4.98 Å². The number of aromatic nitrogens is 1. The van der Waals surface area contributed by atoms with Gasteiger partial charge in [-0.15, -0.1) is 0 Å². The van der Waals surface area contributed by atoms with Gasteiger partial charge >= 0.3 is 18.3 Å². The molecule has 3 amide bonds. The molecular formula is C28H39N3O7. The number of β-amino-alcohol motifs (C(OH)–C–C–N with tert-alkyl or cyclic N) is 1. The molecule has 0 aliphatic carbocycles. The van der Waals surface area contributed by atoms with E-state index in [0.717, 1.165) is 10.5 Å². The van der Waals surface area contributed by atoms with E-state index < -0.39 is 47.2 Å². The average molecular weight is 530 g/mol. The summed E-state index contributed by atoms with van der Waals surface area (Å²) in [6.07, 6.45) is -1.18. The third-order valence-corrected chi connectivity index (χ3v) is 5.42. The van der Waals surface area contributed by atoms with Gasteiger partial charge in [-0.1, -0.05) is 12.1 Å². The van der Waals surface area contributed by atoms with Crippen LogP contribution in [-0.2, 0) is 14.2 Å². The maximum Gasteiger partial charge on any atom is 0.425 e. The second-order valence-corrected chi connectivity index (χ2v) is 12.4. The molecule has 1 saturated heterocycles. The fraction of sp³-hybridized carbons (Fsp3) is 0.571. The number of imide groups is 1. The van der Waals surface area contributed by atoms with Gasteiger partial charge in [-0.2, -0.15) is 4.90 Å². The molecule has 3 rings (SSSR count). The summed E-state index contributed by atoms with van der Waals surface area (Å²) < 4.78 is 16.5.